The van der Waals surface area contributed by atoms with Gasteiger partial charge in [-0.2, -0.15) is 0 Å². The Labute approximate surface area is 178 Å². The zero-order valence-electron chi connectivity index (χ0n) is 17.0. The van der Waals surface area contributed by atoms with Crippen LogP contribution in [0.2, 0.25) is 0 Å². The minimum Gasteiger partial charge on any atom is -0.497 e. The van der Waals surface area contributed by atoms with Crippen molar-refractivity contribution in [2.24, 2.45) is 0 Å². The van der Waals surface area contributed by atoms with E-state index in [0.29, 0.717) is 28.1 Å². The number of benzene rings is 2. The van der Waals surface area contributed by atoms with E-state index in [-0.39, 0.29) is 0 Å². The van der Waals surface area contributed by atoms with Crippen LogP contribution < -0.4 is 10.1 Å². The van der Waals surface area contributed by atoms with E-state index in [1.807, 2.05) is 24.3 Å². The number of rotatable bonds is 6. The van der Waals surface area contributed by atoms with Gasteiger partial charge in [-0.25, -0.2) is 9.78 Å². The van der Waals surface area contributed by atoms with E-state index < -0.39 is 18.0 Å². The predicted molar refractivity (Wildman–Crippen MR) is 116 cm³/mol. The highest BCUT2D eigenvalue weighted by Crippen LogP contribution is 2.23. The molecule has 4 rings (SSSR count). The van der Waals surface area contributed by atoms with Gasteiger partial charge < -0.3 is 19.8 Å². The maximum Gasteiger partial charge on any atom is 0.338 e. The fraction of sp³-hybridized carbons (Fsp3) is 0.130. The molecule has 0 saturated heterocycles. The normalized spacial score (nSPS) is 11.7. The van der Waals surface area contributed by atoms with Crippen LogP contribution in [-0.2, 0) is 9.53 Å². The Morgan fingerprint density at radius 3 is 2.61 bits per heavy atom. The van der Waals surface area contributed by atoms with Crippen molar-refractivity contribution in [3.63, 3.8) is 0 Å². The SMILES string of the molecule is COc1ccc(-c2nc3ccc(C(=O)OC(C)C(=O)Nc4cccnc4)cc3[nH]2)cc1. The molecule has 0 aliphatic rings. The fourth-order valence-corrected chi connectivity index (χ4v) is 2.98. The third-order valence-corrected chi connectivity index (χ3v) is 4.66. The van der Waals surface area contributed by atoms with Gasteiger partial charge in [-0.15, -0.1) is 0 Å². The third-order valence-electron chi connectivity index (χ3n) is 4.66. The summed E-state index contributed by atoms with van der Waals surface area (Å²) in [6, 6.07) is 15.9. The summed E-state index contributed by atoms with van der Waals surface area (Å²) in [6.45, 7) is 1.51. The van der Waals surface area contributed by atoms with Crippen LogP contribution in [0.3, 0.4) is 0 Å². The second-order valence-electron chi connectivity index (χ2n) is 6.82. The molecule has 8 heteroatoms. The molecule has 0 radical (unpaired) electrons. The van der Waals surface area contributed by atoms with Crippen molar-refractivity contribution < 1.29 is 19.1 Å². The minimum absolute atomic E-state index is 0.318. The zero-order valence-corrected chi connectivity index (χ0v) is 17.0. The molecular formula is C23H20N4O4. The van der Waals surface area contributed by atoms with E-state index in [2.05, 4.69) is 20.3 Å². The zero-order chi connectivity index (χ0) is 21.8. The van der Waals surface area contributed by atoms with Crippen molar-refractivity contribution in [2.45, 2.75) is 13.0 Å². The number of aromatic amines is 1. The predicted octanol–water partition coefficient (Wildman–Crippen LogP) is 3.82. The van der Waals surface area contributed by atoms with Crippen molar-refractivity contribution in [2.75, 3.05) is 12.4 Å². The second-order valence-corrected chi connectivity index (χ2v) is 6.82. The molecule has 2 aromatic carbocycles. The number of nitrogens with zero attached hydrogens (tertiary/aromatic N) is 2. The molecule has 0 fully saturated rings. The van der Waals surface area contributed by atoms with Gasteiger partial charge in [-0.3, -0.25) is 9.78 Å². The van der Waals surface area contributed by atoms with Gasteiger partial charge in [0.05, 0.1) is 35.6 Å². The molecule has 8 nitrogen and oxygen atoms in total. The molecular weight excluding hydrogens is 396 g/mol. The monoisotopic (exact) mass is 416 g/mol. The fourth-order valence-electron chi connectivity index (χ4n) is 2.98. The van der Waals surface area contributed by atoms with Crippen molar-refractivity contribution in [1.29, 1.82) is 0 Å². The molecule has 156 valence electrons. The van der Waals surface area contributed by atoms with Crippen LogP contribution in [0.15, 0.2) is 67.0 Å². The lowest BCUT2D eigenvalue weighted by atomic mass is 10.2. The maximum absolute atomic E-state index is 12.5. The van der Waals surface area contributed by atoms with Crippen LogP contribution in [0.4, 0.5) is 5.69 Å². The Bertz CT molecular complexity index is 1220. The number of aromatic nitrogens is 3. The Morgan fingerprint density at radius 2 is 1.90 bits per heavy atom. The first-order chi connectivity index (χ1) is 15.0. The van der Waals surface area contributed by atoms with Gasteiger partial charge in [0.2, 0.25) is 0 Å². The number of esters is 1. The number of fused-ring (bicyclic) bond motifs is 1. The number of ether oxygens (including phenoxy) is 2. The van der Waals surface area contributed by atoms with Crippen molar-refractivity contribution in [3.05, 3.63) is 72.6 Å². The number of hydrogen-bond acceptors (Lipinski definition) is 6. The molecule has 0 spiro atoms. The number of carbonyl (C=O) groups excluding carboxylic acids is 2. The van der Waals surface area contributed by atoms with Gasteiger partial charge in [0.25, 0.3) is 5.91 Å². The number of carbonyl (C=O) groups is 2. The Hall–Kier alpha value is -4.20. The number of imidazole rings is 1. The highest BCUT2D eigenvalue weighted by Gasteiger charge is 2.20. The third kappa shape index (κ3) is 4.53. The van der Waals surface area contributed by atoms with E-state index in [1.54, 1.807) is 43.6 Å². The number of H-pyrrole nitrogens is 1. The molecule has 0 aliphatic heterocycles. The highest BCUT2D eigenvalue weighted by atomic mass is 16.5. The molecule has 31 heavy (non-hydrogen) atoms. The van der Waals surface area contributed by atoms with E-state index in [4.69, 9.17) is 9.47 Å². The van der Waals surface area contributed by atoms with E-state index in [9.17, 15) is 9.59 Å². The topological polar surface area (TPSA) is 106 Å². The molecule has 2 aromatic heterocycles. The minimum atomic E-state index is -0.972. The van der Waals surface area contributed by atoms with Crippen LogP contribution in [0, 0.1) is 0 Å². The standard InChI is InChI=1S/C23H20N4O4/c1-14(22(28)25-17-4-3-11-24-13-17)31-23(29)16-7-10-19-20(12-16)27-21(26-19)15-5-8-18(30-2)9-6-15/h3-14H,1-2H3,(H,25,28)(H,26,27). The quantitative estimate of drug-likeness (QED) is 0.463. The Kier molecular flexibility index (Phi) is 5.61. The average molecular weight is 416 g/mol. The number of amides is 1. The van der Waals surface area contributed by atoms with Gasteiger partial charge in [0.15, 0.2) is 6.10 Å². The lowest BCUT2D eigenvalue weighted by Crippen LogP contribution is -2.30. The molecule has 2 N–H and O–H groups in total. The second kappa shape index (κ2) is 8.66. The summed E-state index contributed by atoms with van der Waals surface area (Å²) in [5, 5.41) is 2.65. The Morgan fingerprint density at radius 1 is 1.10 bits per heavy atom. The lowest BCUT2D eigenvalue weighted by molar-refractivity contribution is -0.123. The van der Waals surface area contributed by atoms with Crippen LogP contribution in [-0.4, -0.2) is 40.0 Å². The van der Waals surface area contributed by atoms with Gasteiger partial charge in [-0.05, 0) is 61.5 Å². The molecule has 0 saturated carbocycles. The van der Waals surface area contributed by atoms with E-state index >= 15 is 0 Å². The molecule has 1 amide bonds. The molecule has 2 heterocycles. The van der Waals surface area contributed by atoms with Crippen molar-refractivity contribution >= 4 is 28.6 Å². The number of pyridine rings is 1. The van der Waals surface area contributed by atoms with Gasteiger partial charge in [-0.1, -0.05) is 0 Å². The first-order valence-corrected chi connectivity index (χ1v) is 9.59. The first-order valence-electron chi connectivity index (χ1n) is 9.59. The number of methoxy groups -OCH3 is 1. The maximum atomic E-state index is 12.5. The van der Waals surface area contributed by atoms with Gasteiger partial charge >= 0.3 is 5.97 Å². The van der Waals surface area contributed by atoms with Gasteiger partial charge in [0, 0.05) is 11.8 Å². The van der Waals surface area contributed by atoms with E-state index in [1.165, 1.54) is 13.1 Å². The number of hydrogen-bond donors (Lipinski definition) is 2. The Balaban J connectivity index is 1.47. The summed E-state index contributed by atoms with van der Waals surface area (Å²) < 4.78 is 10.5. The summed E-state index contributed by atoms with van der Waals surface area (Å²) >= 11 is 0. The van der Waals surface area contributed by atoms with Crippen molar-refractivity contribution in [3.8, 4) is 17.1 Å². The average Bonchev–Trinajstić information content (AvgIpc) is 3.23. The summed E-state index contributed by atoms with van der Waals surface area (Å²) in [4.78, 5) is 36.5. The number of nitrogens with one attached hydrogen (secondary N) is 2. The highest BCUT2D eigenvalue weighted by molar-refractivity contribution is 5.98. The molecule has 4 aromatic rings. The van der Waals surface area contributed by atoms with Crippen LogP contribution in [0.25, 0.3) is 22.4 Å². The molecule has 0 bridgehead atoms. The van der Waals surface area contributed by atoms with Gasteiger partial charge in [0.1, 0.15) is 11.6 Å². The summed E-state index contributed by atoms with van der Waals surface area (Å²) in [5.74, 6) is 0.390. The van der Waals surface area contributed by atoms with E-state index in [0.717, 1.165) is 11.3 Å². The number of anilines is 1. The summed E-state index contributed by atoms with van der Waals surface area (Å²) in [7, 11) is 1.61. The van der Waals surface area contributed by atoms with Crippen LogP contribution in [0.5, 0.6) is 5.75 Å². The van der Waals surface area contributed by atoms with Crippen LogP contribution >= 0.6 is 0 Å². The van der Waals surface area contributed by atoms with Crippen molar-refractivity contribution in [1.82, 2.24) is 15.0 Å². The first kappa shape index (κ1) is 20.1. The smallest absolute Gasteiger partial charge is 0.338 e. The lowest BCUT2D eigenvalue weighted by Gasteiger charge is -2.13. The van der Waals surface area contributed by atoms with Crippen LogP contribution in [0.1, 0.15) is 17.3 Å². The largest absolute Gasteiger partial charge is 0.497 e. The molecule has 1 unspecified atom stereocenters. The molecule has 1 atom stereocenters. The summed E-state index contributed by atoms with van der Waals surface area (Å²) in [5.41, 5.74) is 3.14. The summed E-state index contributed by atoms with van der Waals surface area (Å²) in [6.07, 6.45) is 2.14. The molecule has 0 aliphatic carbocycles.